The average Bonchev–Trinajstić information content (AvgIpc) is 2.29. The molecular formula is C11H18N4O. The van der Waals surface area contributed by atoms with Crippen LogP contribution in [0.1, 0.15) is 30.3 Å². The molecule has 1 atom stereocenters. The Bertz CT molecular complexity index is 354. The number of primary amides is 1. The second-order valence-corrected chi connectivity index (χ2v) is 3.66. The number of nitrogens with one attached hydrogen (secondary N) is 1. The molecule has 0 aliphatic heterocycles. The summed E-state index contributed by atoms with van der Waals surface area (Å²) in [6.07, 6.45) is 3.61. The van der Waals surface area contributed by atoms with Gasteiger partial charge in [-0.25, -0.2) is 0 Å². The number of nitrogens with two attached hydrogens (primary N) is 2. The highest BCUT2D eigenvalue weighted by Crippen LogP contribution is 2.11. The highest BCUT2D eigenvalue weighted by molar-refractivity contribution is 5.91. The van der Waals surface area contributed by atoms with Gasteiger partial charge in [0.25, 0.3) is 5.91 Å². The second-order valence-electron chi connectivity index (χ2n) is 3.66. The predicted molar refractivity (Wildman–Crippen MR) is 64.1 cm³/mol. The van der Waals surface area contributed by atoms with Crippen molar-refractivity contribution in [3.63, 3.8) is 0 Å². The molecule has 1 rings (SSSR count). The van der Waals surface area contributed by atoms with Crippen molar-refractivity contribution in [2.45, 2.75) is 25.8 Å². The molecular weight excluding hydrogens is 204 g/mol. The highest BCUT2D eigenvalue weighted by Gasteiger charge is 2.07. The molecule has 0 saturated heterocycles. The predicted octanol–water partition coefficient (Wildman–Crippen LogP) is 0.720. The number of pyridine rings is 1. The van der Waals surface area contributed by atoms with E-state index in [9.17, 15) is 4.79 Å². The molecule has 0 aliphatic carbocycles. The average molecular weight is 222 g/mol. The third kappa shape index (κ3) is 3.51. The van der Waals surface area contributed by atoms with Crippen LogP contribution in [0.25, 0.3) is 0 Å². The Balaban J connectivity index is 2.72. The van der Waals surface area contributed by atoms with E-state index in [2.05, 4.69) is 17.2 Å². The molecule has 88 valence electrons. The van der Waals surface area contributed by atoms with Crippen molar-refractivity contribution >= 4 is 11.6 Å². The Labute approximate surface area is 95.2 Å². The van der Waals surface area contributed by atoms with E-state index in [4.69, 9.17) is 11.5 Å². The lowest BCUT2D eigenvalue weighted by atomic mass is 10.1. The first-order valence-electron chi connectivity index (χ1n) is 5.39. The van der Waals surface area contributed by atoms with Gasteiger partial charge in [0.05, 0.1) is 0 Å². The van der Waals surface area contributed by atoms with Gasteiger partial charge in [0, 0.05) is 24.5 Å². The molecule has 1 unspecified atom stereocenters. The minimum atomic E-state index is -0.525. The van der Waals surface area contributed by atoms with Crippen molar-refractivity contribution < 1.29 is 4.79 Å². The van der Waals surface area contributed by atoms with Gasteiger partial charge in [-0.2, -0.15) is 0 Å². The van der Waals surface area contributed by atoms with Crippen molar-refractivity contribution in [3.8, 4) is 0 Å². The lowest BCUT2D eigenvalue weighted by Gasteiger charge is -2.17. The van der Waals surface area contributed by atoms with Crippen molar-refractivity contribution in [1.82, 2.24) is 4.98 Å². The summed E-state index contributed by atoms with van der Waals surface area (Å²) in [5, 5.41) is 3.25. The summed E-state index contributed by atoms with van der Waals surface area (Å²) in [4.78, 5) is 14.8. The summed E-state index contributed by atoms with van der Waals surface area (Å²) in [6.45, 7) is 2.66. The molecule has 0 radical (unpaired) electrons. The number of nitrogens with zero attached hydrogens (tertiary/aromatic N) is 1. The molecule has 0 bridgehead atoms. The van der Waals surface area contributed by atoms with Gasteiger partial charge < -0.3 is 16.8 Å². The SMILES string of the molecule is CCCC(CN)Nc1ccnc(C(N)=O)c1. The first-order valence-corrected chi connectivity index (χ1v) is 5.39. The minimum absolute atomic E-state index is 0.216. The normalized spacial score (nSPS) is 12.1. The summed E-state index contributed by atoms with van der Waals surface area (Å²) in [5.74, 6) is -0.525. The van der Waals surface area contributed by atoms with E-state index in [1.54, 1.807) is 18.3 Å². The van der Waals surface area contributed by atoms with Gasteiger partial charge in [0.2, 0.25) is 0 Å². The molecule has 5 nitrogen and oxygen atoms in total. The highest BCUT2D eigenvalue weighted by atomic mass is 16.1. The molecule has 0 spiro atoms. The van der Waals surface area contributed by atoms with Crippen LogP contribution in [0.5, 0.6) is 0 Å². The maximum atomic E-state index is 10.9. The minimum Gasteiger partial charge on any atom is -0.381 e. The Hall–Kier alpha value is -1.62. The molecule has 0 saturated carbocycles. The van der Waals surface area contributed by atoms with Crippen molar-refractivity contribution in [3.05, 3.63) is 24.0 Å². The Morgan fingerprint density at radius 3 is 2.94 bits per heavy atom. The van der Waals surface area contributed by atoms with E-state index in [1.807, 2.05) is 0 Å². The van der Waals surface area contributed by atoms with Crippen LogP contribution >= 0.6 is 0 Å². The maximum Gasteiger partial charge on any atom is 0.267 e. The molecule has 1 aromatic heterocycles. The number of rotatable bonds is 6. The largest absolute Gasteiger partial charge is 0.381 e. The van der Waals surface area contributed by atoms with Gasteiger partial charge in [-0.15, -0.1) is 0 Å². The zero-order chi connectivity index (χ0) is 12.0. The van der Waals surface area contributed by atoms with E-state index in [0.29, 0.717) is 6.54 Å². The van der Waals surface area contributed by atoms with Crippen LogP contribution in [0.4, 0.5) is 5.69 Å². The van der Waals surface area contributed by atoms with E-state index in [1.165, 1.54) is 0 Å². The van der Waals surface area contributed by atoms with Crippen LogP contribution in [0.3, 0.4) is 0 Å². The smallest absolute Gasteiger partial charge is 0.267 e. The Morgan fingerprint density at radius 1 is 1.62 bits per heavy atom. The monoisotopic (exact) mass is 222 g/mol. The number of anilines is 1. The lowest BCUT2D eigenvalue weighted by Crippen LogP contribution is -2.28. The summed E-state index contributed by atoms with van der Waals surface area (Å²) in [5.41, 5.74) is 11.9. The molecule has 1 amide bonds. The molecule has 1 aromatic rings. The number of hydrogen-bond donors (Lipinski definition) is 3. The first kappa shape index (κ1) is 12.4. The van der Waals surface area contributed by atoms with E-state index in [-0.39, 0.29) is 11.7 Å². The second kappa shape index (κ2) is 6.07. The zero-order valence-corrected chi connectivity index (χ0v) is 9.44. The molecule has 0 aromatic carbocycles. The van der Waals surface area contributed by atoms with Crippen LogP contribution in [-0.2, 0) is 0 Å². The standard InChI is InChI=1S/C11H18N4O/c1-2-3-9(7-12)15-8-4-5-14-10(6-8)11(13)16/h4-6,9H,2-3,7,12H2,1H3,(H2,13,16)(H,14,15). The third-order valence-corrected chi connectivity index (χ3v) is 2.30. The quantitative estimate of drug-likeness (QED) is 0.661. The summed E-state index contributed by atoms with van der Waals surface area (Å²) >= 11 is 0. The van der Waals surface area contributed by atoms with Crippen molar-refractivity contribution in [2.75, 3.05) is 11.9 Å². The molecule has 0 aliphatic rings. The van der Waals surface area contributed by atoms with Crippen LogP contribution in [0.2, 0.25) is 0 Å². The fourth-order valence-electron chi connectivity index (χ4n) is 1.49. The Kier molecular flexibility index (Phi) is 4.72. The van der Waals surface area contributed by atoms with E-state index < -0.39 is 5.91 Å². The van der Waals surface area contributed by atoms with Gasteiger partial charge >= 0.3 is 0 Å². The van der Waals surface area contributed by atoms with E-state index >= 15 is 0 Å². The lowest BCUT2D eigenvalue weighted by molar-refractivity contribution is 0.0995. The van der Waals surface area contributed by atoms with Gasteiger partial charge in [-0.1, -0.05) is 13.3 Å². The fraction of sp³-hybridized carbons (Fsp3) is 0.455. The number of carbonyl (C=O) groups is 1. The van der Waals surface area contributed by atoms with Crippen LogP contribution in [0, 0.1) is 0 Å². The molecule has 5 N–H and O–H groups in total. The number of amides is 1. The van der Waals surface area contributed by atoms with Crippen LogP contribution in [0.15, 0.2) is 18.3 Å². The topological polar surface area (TPSA) is 94.0 Å². The molecule has 0 fully saturated rings. The number of carbonyl (C=O) groups excluding carboxylic acids is 1. The molecule has 1 heterocycles. The third-order valence-electron chi connectivity index (χ3n) is 2.30. The number of aromatic nitrogens is 1. The van der Waals surface area contributed by atoms with Gasteiger partial charge in [0.1, 0.15) is 5.69 Å². The van der Waals surface area contributed by atoms with Gasteiger partial charge in [-0.3, -0.25) is 9.78 Å². The van der Waals surface area contributed by atoms with Crippen molar-refractivity contribution in [2.24, 2.45) is 11.5 Å². The van der Waals surface area contributed by atoms with Crippen LogP contribution < -0.4 is 16.8 Å². The van der Waals surface area contributed by atoms with Gasteiger partial charge in [-0.05, 0) is 18.6 Å². The van der Waals surface area contributed by atoms with Crippen molar-refractivity contribution in [1.29, 1.82) is 0 Å². The van der Waals surface area contributed by atoms with Gasteiger partial charge in [0.15, 0.2) is 0 Å². The molecule has 16 heavy (non-hydrogen) atoms. The fourth-order valence-corrected chi connectivity index (χ4v) is 1.49. The molecule has 5 heteroatoms. The summed E-state index contributed by atoms with van der Waals surface area (Å²) < 4.78 is 0. The van der Waals surface area contributed by atoms with Crippen LogP contribution in [-0.4, -0.2) is 23.5 Å². The summed E-state index contributed by atoms with van der Waals surface area (Å²) in [7, 11) is 0. The number of hydrogen-bond acceptors (Lipinski definition) is 4. The van der Waals surface area contributed by atoms with E-state index in [0.717, 1.165) is 18.5 Å². The summed E-state index contributed by atoms with van der Waals surface area (Å²) in [6, 6.07) is 3.65. The zero-order valence-electron chi connectivity index (χ0n) is 9.44. The maximum absolute atomic E-state index is 10.9. The first-order chi connectivity index (χ1) is 7.67. The Morgan fingerprint density at radius 2 is 2.38 bits per heavy atom.